The van der Waals surface area contributed by atoms with Gasteiger partial charge in [-0.2, -0.15) is 18.3 Å². The van der Waals surface area contributed by atoms with Crippen molar-refractivity contribution in [3.63, 3.8) is 0 Å². The standard InChI is InChI=1S/C14H16F3N3O4/c15-14(16,17)10-1-3-20(18-10)6-11(21)19-5-9-7-24-4-2-13(9,8-19)12(22)23/h1,3,9H,2,4-8H2,(H,22,23)/t9-,13+/m0/s1. The van der Waals surface area contributed by atoms with Gasteiger partial charge in [0.05, 0.1) is 12.0 Å². The van der Waals surface area contributed by atoms with Crippen LogP contribution in [0.4, 0.5) is 13.2 Å². The summed E-state index contributed by atoms with van der Waals surface area (Å²) in [6.45, 7) is 0.482. The molecular weight excluding hydrogens is 331 g/mol. The quantitative estimate of drug-likeness (QED) is 0.876. The van der Waals surface area contributed by atoms with Gasteiger partial charge in [0.2, 0.25) is 5.91 Å². The molecule has 2 aliphatic rings. The molecule has 10 heteroatoms. The molecule has 1 aromatic heterocycles. The maximum absolute atomic E-state index is 12.5. The molecule has 0 bridgehead atoms. The summed E-state index contributed by atoms with van der Waals surface area (Å²) >= 11 is 0. The van der Waals surface area contributed by atoms with Gasteiger partial charge in [0.25, 0.3) is 0 Å². The fourth-order valence-corrected chi connectivity index (χ4v) is 3.33. The molecule has 2 fully saturated rings. The highest BCUT2D eigenvalue weighted by molar-refractivity contribution is 5.81. The number of likely N-dealkylation sites (tertiary alicyclic amines) is 1. The number of aromatic nitrogens is 2. The fraction of sp³-hybridized carbons (Fsp3) is 0.643. The van der Waals surface area contributed by atoms with Crippen LogP contribution in [0.15, 0.2) is 12.3 Å². The summed E-state index contributed by atoms with van der Waals surface area (Å²) in [5, 5.41) is 12.9. The van der Waals surface area contributed by atoms with E-state index < -0.39 is 29.2 Å². The van der Waals surface area contributed by atoms with Crippen molar-refractivity contribution >= 4 is 11.9 Å². The lowest BCUT2D eigenvalue weighted by Gasteiger charge is -2.33. The first-order valence-electron chi connectivity index (χ1n) is 7.42. The van der Waals surface area contributed by atoms with E-state index in [-0.39, 0.29) is 32.2 Å². The Kier molecular flexibility index (Phi) is 4.02. The number of carboxylic acid groups (broad SMARTS) is 1. The van der Waals surface area contributed by atoms with Crippen molar-refractivity contribution in [3.8, 4) is 0 Å². The first-order valence-corrected chi connectivity index (χ1v) is 7.42. The SMILES string of the molecule is O=C(Cn1ccc(C(F)(F)F)n1)N1C[C@H]2COCC[C@@]2(C(=O)O)C1. The van der Waals surface area contributed by atoms with Crippen LogP contribution >= 0.6 is 0 Å². The van der Waals surface area contributed by atoms with Crippen LogP contribution in [0.2, 0.25) is 0 Å². The van der Waals surface area contributed by atoms with Crippen LogP contribution in [0.1, 0.15) is 12.1 Å². The Hall–Kier alpha value is -2.10. The van der Waals surface area contributed by atoms with Crippen molar-refractivity contribution in [2.45, 2.75) is 19.1 Å². The average molecular weight is 347 g/mol. The summed E-state index contributed by atoms with van der Waals surface area (Å²) in [5.74, 6) is -1.73. The molecule has 1 N–H and O–H groups in total. The summed E-state index contributed by atoms with van der Waals surface area (Å²) < 4.78 is 43.8. The zero-order chi connectivity index (χ0) is 17.5. The highest BCUT2D eigenvalue weighted by Crippen LogP contribution is 2.42. The summed E-state index contributed by atoms with van der Waals surface area (Å²) in [4.78, 5) is 25.4. The van der Waals surface area contributed by atoms with Gasteiger partial charge in [0.15, 0.2) is 5.69 Å². The minimum Gasteiger partial charge on any atom is -0.481 e. The largest absolute Gasteiger partial charge is 0.481 e. The predicted octanol–water partition coefficient (Wildman–Crippen LogP) is 0.852. The Morgan fingerprint density at radius 2 is 2.21 bits per heavy atom. The third kappa shape index (κ3) is 2.85. The Labute approximate surface area is 135 Å². The van der Waals surface area contributed by atoms with E-state index in [0.717, 1.165) is 16.9 Å². The molecule has 1 amide bonds. The van der Waals surface area contributed by atoms with Crippen LogP contribution < -0.4 is 0 Å². The van der Waals surface area contributed by atoms with Crippen molar-refractivity contribution in [1.82, 2.24) is 14.7 Å². The lowest BCUT2D eigenvalue weighted by atomic mass is 9.74. The van der Waals surface area contributed by atoms with Gasteiger partial charge >= 0.3 is 12.1 Å². The molecular formula is C14H16F3N3O4. The molecule has 132 valence electrons. The second kappa shape index (κ2) is 5.76. The third-order valence-corrected chi connectivity index (χ3v) is 4.71. The average Bonchev–Trinajstić information content (AvgIpc) is 3.11. The molecule has 3 rings (SSSR count). The number of carboxylic acids is 1. The van der Waals surface area contributed by atoms with Gasteiger partial charge in [-0.15, -0.1) is 0 Å². The smallest absolute Gasteiger partial charge is 0.435 e. The van der Waals surface area contributed by atoms with Crippen LogP contribution in [0.25, 0.3) is 0 Å². The van der Waals surface area contributed by atoms with Crippen molar-refractivity contribution in [2.75, 3.05) is 26.3 Å². The number of halogens is 3. The van der Waals surface area contributed by atoms with Crippen LogP contribution in [0.5, 0.6) is 0 Å². The topological polar surface area (TPSA) is 84.7 Å². The Balaban J connectivity index is 1.70. The van der Waals surface area contributed by atoms with Crippen molar-refractivity contribution in [2.24, 2.45) is 11.3 Å². The highest BCUT2D eigenvalue weighted by Gasteiger charge is 2.54. The number of hydrogen-bond acceptors (Lipinski definition) is 4. The van der Waals surface area contributed by atoms with Crippen LogP contribution in [-0.2, 0) is 27.0 Å². The Morgan fingerprint density at radius 3 is 2.79 bits per heavy atom. The molecule has 0 unspecified atom stereocenters. The number of carbonyl (C=O) groups is 2. The zero-order valence-corrected chi connectivity index (χ0v) is 12.6. The van der Waals surface area contributed by atoms with E-state index in [0.29, 0.717) is 13.0 Å². The highest BCUT2D eigenvalue weighted by atomic mass is 19.4. The maximum Gasteiger partial charge on any atom is 0.435 e. The summed E-state index contributed by atoms with van der Waals surface area (Å²) in [7, 11) is 0. The van der Waals surface area contributed by atoms with Crippen LogP contribution in [-0.4, -0.2) is 58.0 Å². The number of alkyl halides is 3. The second-order valence-electron chi connectivity index (χ2n) is 6.15. The van der Waals surface area contributed by atoms with Crippen LogP contribution in [0.3, 0.4) is 0 Å². The van der Waals surface area contributed by atoms with E-state index in [2.05, 4.69) is 5.10 Å². The number of carbonyl (C=O) groups excluding carboxylic acids is 1. The molecule has 24 heavy (non-hydrogen) atoms. The number of rotatable bonds is 3. The third-order valence-electron chi connectivity index (χ3n) is 4.71. The number of ether oxygens (including phenoxy) is 1. The second-order valence-corrected chi connectivity index (χ2v) is 6.15. The number of aliphatic carboxylic acids is 1. The molecule has 2 aliphatic heterocycles. The Bertz CT molecular complexity index is 660. The zero-order valence-electron chi connectivity index (χ0n) is 12.6. The number of fused-ring (bicyclic) bond motifs is 1. The summed E-state index contributed by atoms with van der Waals surface area (Å²) in [6, 6.07) is 0.795. The normalized spacial score (nSPS) is 27.1. The van der Waals surface area contributed by atoms with Gasteiger partial charge < -0.3 is 14.7 Å². The Morgan fingerprint density at radius 1 is 1.46 bits per heavy atom. The summed E-state index contributed by atoms with van der Waals surface area (Å²) in [5.41, 5.74) is -2.10. The fourth-order valence-electron chi connectivity index (χ4n) is 3.33. The molecule has 2 atom stereocenters. The number of nitrogens with zero attached hydrogens (tertiary/aromatic N) is 3. The maximum atomic E-state index is 12.5. The monoisotopic (exact) mass is 347 g/mol. The van der Waals surface area contributed by atoms with Crippen molar-refractivity contribution in [1.29, 1.82) is 0 Å². The van der Waals surface area contributed by atoms with Gasteiger partial charge in [0.1, 0.15) is 6.54 Å². The van der Waals surface area contributed by atoms with Crippen LogP contribution in [0, 0.1) is 11.3 Å². The molecule has 7 nitrogen and oxygen atoms in total. The van der Waals surface area contributed by atoms with E-state index in [4.69, 9.17) is 4.74 Å². The molecule has 3 heterocycles. The lowest BCUT2D eigenvalue weighted by Crippen LogP contribution is -2.45. The van der Waals surface area contributed by atoms with Gasteiger partial charge in [-0.1, -0.05) is 0 Å². The molecule has 1 aromatic rings. The van der Waals surface area contributed by atoms with E-state index >= 15 is 0 Å². The molecule has 0 radical (unpaired) electrons. The molecule has 0 aromatic carbocycles. The van der Waals surface area contributed by atoms with E-state index in [1.165, 1.54) is 4.90 Å². The minimum absolute atomic E-state index is 0.0442. The lowest BCUT2D eigenvalue weighted by molar-refractivity contribution is -0.157. The van der Waals surface area contributed by atoms with Gasteiger partial charge in [-0.05, 0) is 12.5 Å². The van der Waals surface area contributed by atoms with Gasteiger partial charge in [0, 0.05) is 31.8 Å². The van der Waals surface area contributed by atoms with Crippen molar-refractivity contribution in [3.05, 3.63) is 18.0 Å². The van der Waals surface area contributed by atoms with E-state index in [1.807, 2.05) is 0 Å². The molecule has 2 saturated heterocycles. The number of amides is 1. The van der Waals surface area contributed by atoms with Gasteiger partial charge in [-0.3, -0.25) is 14.3 Å². The predicted molar refractivity (Wildman–Crippen MR) is 72.8 cm³/mol. The van der Waals surface area contributed by atoms with E-state index in [1.54, 1.807) is 0 Å². The first kappa shape index (κ1) is 16.7. The summed E-state index contributed by atoms with van der Waals surface area (Å²) in [6.07, 6.45) is -3.17. The molecule has 0 aliphatic carbocycles. The minimum atomic E-state index is -4.57. The van der Waals surface area contributed by atoms with E-state index in [9.17, 15) is 27.9 Å². The number of hydrogen-bond donors (Lipinski definition) is 1. The molecule has 0 spiro atoms. The first-order chi connectivity index (χ1) is 11.2. The van der Waals surface area contributed by atoms with Gasteiger partial charge in [-0.25, -0.2) is 0 Å². The molecule has 0 saturated carbocycles. The van der Waals surface area contributed by atoms with Crippen molar-refractivity contribution < 1.29 is 32.6 Å².